The van der Waals surface area contributed by atoms with E-state index < -0.39 is 0 Å². The first-order valence-corrected chi connectivity index (χ1v) is 12.3. The zero-order valence-electron chi connectivity index (χ0n) is 18.5. The lowest BCUT2D eigenvalue weighted by molar-refractivity contribution is 0.311. The molecule has 4 aromatic rings. The number of rotatable bonds is 6. The number of aromatic amines is 1. The summed E-state index contributed by atoms with van der Waals surface area (Å²) in [6, 6.07) is 17.7. The van der Waals surface area contributed by atoms with Crippen molar-refractivity contribution >= 4 is 63.5 Å². The summed E-state index contributed by atoms with van der Waals surface area (Å²) in [5, 5.41) is 14.6. The Morgan fingerprint density at radius 2 is 1.65 bits per heavy atom. The average molecular weight is 588 g/mol. The Balaban J connectivity index is 1.44. The van der Waals surface area contributed by atoms with E-state index in [4.69, 9.17) is 16.6 Å². The first-order valence-electron chi connectivity index (χ1n) is 10.8. The van der Waals surface area contributed by atoms with E-state index in [9.17, 15) is 0 Å². The first-order chi connectivity index (χ1) is 16.5. The largest absolute Gasteiger partial charge is 0.338 e. The van der Waals surface area contributed by atoms with Gasteiger partial charge in [0.2, 0.25) is 17.8 Å². The molecule has 0 bridgehead atoms. The summed E-state index contributed by atoms with van der Waals surface area (Å²) < 4.78 is 1.02. The second kappa shape index (κ2) is 10.1. The van der Waals surface area contributed by atoms with E-state index in [0.717, 1.165) is 46.7 Å². The number of halogens is 2. The Morgan fingerprint density at radius 1 is 0.912 bits per heavy atom. The normalized spacial score (nSPS) is 14.3. The molecule has 1 aliphatic rings. The van der Waals surface area contributed by atoms with Crippen molar-refractivity contribution in [2.75, 3.05) is 48.8 Å². The number of piperazine rings is 1. The molecule has 174 valence electrons. The van der Waals surface area contributed by atoms with Gasteiger partial charge in [0, 0.05) is 46.5 Å². The molecule has 0 amide bonds. The summed E-state index contributed by atoms with van der Waals surface area (Å²) in [5.74, 6) is 2.08. The van der Waals surface area contributed by atoms with Gasteiger partial charge in [-0.3, -0.25) is 5.10 Å². The Bertz CT molecular complexity index is 1250. The van der Waals surface area contributed by atoms with Gasteiger partial charge in [-0.15, -0.1) is 0 Å². The molecule has 3 N–H and O–H groups in total. The minimum absolute atomic E-state index is 0.411. The van der Waals surface area contributed by atoms with Crippen molar-refractivity contribution in [3.8, 4) is 11.3 Å². The van der Waals surface area contributed by atoms with Crippen LogP contribution in [0.5, 0.6) is 0 Å². The summed E-state index contributed by atoms with van der Waals surface area (Å²) in [6.07, 6.45) is 0. The topological polar surface area (TPSA) is 97.9 Å². The Labute approximate surface area is 216 Å². The number of hydrogen-bond donors (Lipinski definition) is 3. The highest BCUT2D eigenvalue weighted by Gasteiger charge is 2.19. The second-order valence-corrected chi connectivity index (χ2v) is 9.70. The van der Waals surface area contributed by atoms with Crippen LogP contribution < -0.4 is 15.5 Å². The number of anilines is 5. The van der Waals surface area contributed by atoms with Crippen LogP contribution in [0.1, 0.15) is 0 Å². The number of nitrogens with zero attached hydrogens (tertiary/aromatic N) is 6. The lowest BCUT2D eigenvalue weighted by Crippen LogP contribution is -2.45. The fourth-order valence-electron chi connectivity index (χ4n) is 3.65. The zero-order chi connectivity index (χ0) is 23.5. The minimum Gasteiger partial charge on any atom is -0.338 e. The smallest absolute Gasteiger partial charge is 0.235 e. The van der Waals surface area contributed by atoms with Crippen LogP contribution >= 0.6 is 34.2 Å². The first kappa shape index (κ1) is 22.8. The van der Waals surface area contributed by atoms with Crippen molar-refractivity contribution in [3.05, 3.63) is 63.2 Å². The average Bonchev–Trinajstić information content (AvgIpc) is 3.28. The molecule has 0 unspecified atom stereocenters. The van der Waals surface area contributed by atoms with Gasteiger partial charge in [-0.05, 0) is 53.4 Å². The van der Waals surface area contributed by atoms with E-state index in [2.05, 4.69) is 70.2 Å². The maximum Gasteiger partial charge on any atom is 0.235 e. The number of hydrogen-bond acceptors (Lipinski definition) is 8. The van der Waals surface area contributed by atoms with Gasteiger partial charge in [0.05, 0.1) is 5.69 Å². The summed E-state index contributed by atoms with van der Waals surface area (Å²) in [4.78, 5) is 18.4. The predicted molar refractivity (Wildman–Crippen MR) is 144 cm³/mol. The number of likely N-dealkylation sites (N-methyl/N-ethyl adjacent to an activating group) is 1. The molecule has 0 radical (unpaired) electrons. The fourth-order valence-corrected chi connectivity index (χ4v) is 4.74. The van der Waals surface area contributed by atoms with Gasteiger partial charge in [-0.1, -0.05) is 41.9 Å². The maximum absolute atomic E-state index is 6.24. The lowest BCUT2D eigenvalue weighted by atomic mass is 10.2. The molecular formula is C23H23ClIN9. The molecule has 0 atom stereocenters. The minimum atomic E-state index is 0.411. The lowest BCUT2D eigenvalue weighted by Gasteiger charge is -2.32. The summed E-state index contributed by atoms with van der Waals surface area (Å²) in [5.41, 5.74) is 2.77. The predicted octanol–water partition coefficient (Wildman–Crippen LogP) is 4.76. The van der Waals surface area contributed by atoms with Crippen LogP contribution in [0.3, 0.4) is 0 Å². The van der Waals surface area contributed by atoms with E-state index in [1.807, 2.05) is 54.6 Å². The molecule has 0 aliphatic carbocycles. The summed E-state index contributed by atoms with van der Waals surface area (Å²) >= 11 is 8.47. The van der Waals surface area contributed by atoms with Crippen LogP contribution in [0.15, 0.2) is 54.6 Å². The van der Waals surface area contributed by atoms with E-state index in [1.54, 1.807) is 0 Å². The van der Waals surface area contributed by atoms with E-state index >= 15 is 0 Å². The van der Waals surface area contributed by atoms with Gasteiger partial charge >= 0.3 is 0 Å². The molecule has 5 rings (SSSR count). The Kier molecular flexibility index (Phi) is 6.79. The standard InChI is InChI=1S/C23H23ClIN9/c1-33-7-9-34(10-8-33)23-29-21(26-18-12-16(24)11-17(25)13-18)28-22(30-23)27-20-14-19(31-32-20)15-5-3-2-4-6-15/h2-6,11-14H,7-10H2,1H3,(H3,26,27,28,29,30,31,32). The monoisotopic (exact) mass is 587 g/mol. The van der Waals surface area contributed by atoms with Crippen LogP contribution in [0.25, 0.3) is 11.3 Å². The molecule has 9 nitrogen and oxygen atoms in total. The van der Waals surface area contributed by atoms with Crippen molar-refractivity contribution in [1.29, 1.82) is 0 Å². The second-order valence-electron chi connectivity index (χ2n) is 8.01. The fraction of sp³-hybridized carbons (Fsp3) is 0.217. The van der Waals surface area contributed by atoms with Gasteiger partial charge in [0.1, 0.15) is 0 Å². The van der Waals surface area contributed by atoms with E-state index in [0.29, 0.717) is 28.7 Å². The molecule has 0 spiro atoms. The molecule has 3 heterocycles. The van der Waals surface area contributed by atoms with Crippen molar-refractivity contribution in [3.63, 3.8) is 0 Å². The van der Waals surface area contributed by atoms with Crippen LogP contribution in [0.2, 0.25) is 5.02 Å². The third kappa shape index (κ3) is 5.57. The van der Waals surface area contributed by atoms with Gasteiger partial charge in [-0.2, -0.15) is 20.1 Å². The highest BCUT2D eigenvalue weighted by Crippen LogP contribution is 2.25. The SMILES string of the molecule is CN1CCN(c2nc(Nc3cc(Cl)cc(I)c3)nc(Nc3cc(-c4ccccc4)[nH]n3)n2)CC1. The van der Waals surface area contributed by atoms with Gasteiger partial charge in [0.15, 0.2) is 5.82 Å². The number of nitrogens with one attached hydrogen (secondary N) is 3. The highest BCUT2D eigenvalue weighted by atomic mass is 127. The number of H-pyrrole nitrogens is 1. The van der Waals surface area contributed by atoms with Crippen LogP contribution in [-0.2, 0) is 0 Å². The van der Waals surface area contributed by atoms with Crippen LogP contribution in [-0.4, -0.2) is 63.3 Å². The van der Waals surface area contributed by atoms with Crippen molar-refractivity contribution in [2.24, 2.45) is 0 Å². The van der Waals surface area contributed by atoms with Crippen LogP contribution in [0.4, 0.5) is 29.4 Å². The van der Waals surface area contributed by atoms with Crippen LogP contribution in [0, 0.1) is 3.57 Å². The third-order valence-corrected chi connectivity index (χ3v) is 6.27. The quantitative estimate of drug-likeness (QED) is 0.278. The molecule has 2 aromatic heterocycles. The van der Waals surface area contributed by atoms with E-state index in [-0.39, 0.29) is 0 Å². The molecule has 1 fully saturated rings. The molecule has 34 heavy (non-hydrogen) atoms. The number of aromatic nitrogens is 5. The van der Waals surface area contributed by atoms with Crippen molar-refractivity contribution in [2.45, 2.75) is 0 Å². The molecule has 11 heteroatoms. The summed E-state index contributed by atoms with van der Waals surface area (Å²) in [7, 11) is 2.12. The molecular weight excluding hydrogens is 565 g/mol. The van der Waals surface area contributed by atoms with Gasteiger partial charge in [-0.25, -0.2) is 0 Å². The molecule has 2 aromatic carbocycles. The Hall–Kier alpha value is -2.96. The summed E-state index contributed by atoms with van der Waals surface area (Å²) in [6.45, 7) is 3.58. The zero-order valence-corrected chi connectivity index (χ0v) is 21.4. The number of benzene rings is 2. The third-order valence-electron chi connectivity index (χ3n) is 5.43. The van der Waals surface area contributed by atoms with Gasteiger partial charge < -0.3 is 20.4 Å². The van der Waals surface area contributed by atoms with E-state index in [1.165, 1.54) is 0 Å². The molecule has 1 saturated heterocycles. The van der Waals surface area contributed by atoms with Crippen molar-refractivity contribution in [1.82, 2.24) is 30.0 Å². The molecule has 0 saturated carbocycles. The molecule has 1 aliphatic heterocycles. The maximum atomic E-state index is 6.24. The van der Waals surface area contributed by atoms with Gasteiger partial charge in [0.25, 0.3) is 0 Å². The highest BCUT2D eigenvalue weighted by molar-refractivity contribution is 14.1. The Morgan fingerprint density at radius 3 is 2.38 bits per heavy atom. The van der Waals surface area contributed by atoms with Crippen molar-refractivity contribution < 1.29 is 0 Å².